The predicted molar refractivity (Wildman–Crippen MR) is 128 cm³/mol. The van der Waals surface area contributed by atoms with Gasteiger partial charge in [0.1, 0.15) is 11.1 Å². The highest BCUT2D eigenvalue weighted by Gasteiger charge is 2.36. The molecule has 1 fully saturated rings. The molecule has 4 rings (SSSR count). The van der Waals surface area contributed by atoms with Gasteiger partial charge in [-0.3, -0.25) is 24.6 Å². The van der Waals surface area contributed by atoms with Gasteiger partial charge >= 0.3 is 0 Å². The van der Waals surface area contributed by atoms with E-state index in [0.29, 0.717) is 22.7 Å². The third-order valence-electron chi connectivity index (χ3n) is 5.36. The average Bonchev–Trinajstić information content (AvgIpc) is 3.20. The van der Waals surface area contributed by atoms with Gasteiger partial charge in [0.2, 0.25) is 5.91 Å². The molecule has 0 aliphatic carbocycles. The molecule has 9 heteroatoms. The van der Waals surface area contributed by atoms with E-state index >= 15 is 0 Å². The Morgan fingerprint density at radius 1 is 1.15 bits per heavy atom. The molecule has 1 aliphatic rings. The monoisotopic (exact) mass is 463 g/mol. The number of methoxy groups -OCH3 is 1. The fourth-order valence-corrected chi connectivity index (χ4v) is 4.92. The zero-order chi connectivity index (χ0) is 23.5. The standard InChI is InChI=1S/C24H21N3O5S/c1-15-11-12-16(13-20(15)27(30)31)23(29)25-18-8-4-3-7-17(18)24-26(22(28)14-33-24)19-9-5-6-10-21(19)32-2/h3-13,24H,14H2,1-2H3,(H,25,29). The molecular weight excluding hydrogens is 442 g/mol. The summed E-state index contributed by atoms with van der Waals surface area (Å²) in [5.41, 5.74) is 2.46. The number of ether oxygens (including phenoxy) is 1. The zero-order valence-corrected chi connectivity index (χ0v) is 18.8. The number of aryl methyl sites for hydroxylation is 1. The van der Waals surface area contributed by atoms with E-state index in [1.54, 1.807) is 49.3 Å². The summed E-state index contributed by atoms with van der Waals surface area (Å²) < 4.78 is 5.46. The maximum absolute atomic E-state index is 12.9. The second-order valence-electron chi connectivity index (χ2n) is 7.40. The summed E-state index contributed by atoms with van der Waals surface area (Å²) in [4.78, 5) is 38.2. The zero-order valence-electron chi connectivity index (χ0n) is 18.0. The number of benzene rings is 3. The molecule has 2 amide bonds. The van der Waals surface area contributed by atoms with Crippen LogP contribution < -0.4 is 15.0 Å². The first-order valence-corrected chi connectivity index (χ1v) is 11.2. The van der Waals surface area contributed by atoms with Crippen LogP contribution in [0, 0.1) is 17.0 Å². The average molecular weight is 464 g/mol. The van der Waals surface area contributed by atoms with E-state index < -0.39 is 10.8 Å². The number of carbonyl (C=O) groups is 2. The third kappa shape index (κ3) is 4.40. The normalized spacial score (nSPS) is 15.4. The molecule has 0 bridgehead atoms. The van der Waals surface area contributed by atoms with Gasteiger partial charge in [-0.2, -0.15) is 0 Å². The number of anilines is 2. The second kappa shape index (κ2) is 9.33. The molecule has 1 saturated heterocycles. The van der Waals surface area contributed by atoms with Gasteiger partial charge in [-0.05, 0) is 31.2 Å². The molecule has 1 heterocycles. The van der Waals surface area contributed by atoms with E-state index in [4.69, 9.17) is 4.74 Å². The molecule has 3 aromatic rings. The minimum absolute atomic E-state index is 0.0650. The second-order valence-corrected chi connectivity index (χ2v) is 8.47. The first kappa shape index (κ1) is 22.3. The molecule has 0 radical (unpaired) electrons. The van der Waals surface area contributed by atoms with Crippen LogP contribution in [0.3, 0.4) is 0 Å². The van der Waals surface area contributed by atoms with Gasteiger partial charge in [0.15, 0.2) is 0 Å². The lowest BCUT2D eigenvalue weighted by atomic mass is 10.1. The molecule has 1 N–H and O–H groups in total. The van der Waals surface area contributed by atoms with Gasteiger partial charge in [-0.25, -0.2) is 0 Å². The van der Waals surface area contributed by atoms with Crippen LogP contribution in [-0.2, 0) is 4.79 Å². The molecule has 0 saturated carbocycles. The maximum atomic E-state index is 12.9. The van der Waals surface area contributed by atoms with Crippen LogP contribution in [0.5, 0.6) is 5.75 Å². The lowest BCUT2D eigenvalue weighted by Gasteiger charge is -2.27. The van der Waals surface area contributed by atoms with Crippen molar-refractivity contribution in [3.63, 3.8) is 0 Å². The summed E-state index contributed by atoms with van der Waals surface area (Å²) in [6.45, 7) is 1.62. The van der Waals surface area contributed by atoms with Crippen molar-refractivity contribution in [2.75, 3.05) is 23.1 Å². The Balaban J connectivity index is 1.68. The van der Waals surface area contributed by atoms with Crippen LogP contribution in [0.2, 0.25) is 0 Å². The maximum Gasteiger partial charge on any atom is 0.273 e. The fraction of sp³-hybridized carbons (Fsp3) is 0.167. The summed E-state index contributed by atoms with van der Waals surface area (Å²) in [6.07, 6.45) is 0. The summed E-state index contributed by atoms with van der Waals surface area (Å²) in [7, 11) is 1.55. The van der Waals surface area contributed by atoms with Crippen LogP contribution in [0.15, 0.2) is 66.7 Å². The van der Waals surface area contributed by atoms with Crippen molar-refractivity contribution in [1.82, 2.24) is 0 Å². The number of nitrogens with one attached hydrogen (secondary N) is 1. The van der Waals surface area contributed by atoms with E-state index in [-0.39, 0.29) is 28.3 Å². The first-order valence-electron chi connectivity index (χ1n) is 10.1. The number of thioether (sulfide) groups is 1. The number of carbonyl (C=O) groups excluding carboxylic acids is 2. The molecule has 0 aromatic heterocycles. The quantitative estimate of drug-likeness (QED) is 0.410. The lowest BCUT2D eigenvalue weighted by Crippen LogP contribution is -2.29. The van der Waals surface area contributed by atoms with Gasteiger partial charge in [0.05, 0.1) is 23.5 Å². The Morgan fingerprint density at radius 2 is 1.88 bits per heavy atom. The number of hydrogen-bond donors (Lipinski definition) is 1. The van der Waals surface area contributed by atoms with Gasteiger partial charge in [0.25, 0.3) is 11.6 Å². The van der Waals surface area contributed by atoms with E-state index in [0.717, 1.165) is 5.56 Å². The number of nitrogens with zero attached hydrogens (tertiary/aromatic N) is 2. The highest BCUT2D eigenvalue weighted by Crippen LogP contribution is 2.46. The van der Waals surface area contributed by atoms with E-state index in [2.05, 4.69) is 5.32 Å². The summed E-state index contributed by atoms with van der Waals surface area (Å²) >= 11 is 1.45. The SMILES string of the molecule is COc1ccccc1N1C(=O)CSC1c1ccccc1NC(=O)c1ccc(C)c([N+](=O)[O-])c1. The number of hydrogen-bond acceptors (Lipinski definition) is 6. The smallest absolute Gasteiger partial charge is 0.273 e. The van der Waals surface area contributed by atoms with Gasteiger partial charge in [-0.15, -0.1) is 11.8 Å². The third-order valence-corrected chi connectivity index (χ3v) is 6.55. The molecular formula is C24H21N3O5S. The highest BCUT2D eigenvalue weighted by molar-refractivity contribution is 8.00. The first-order chi connectivity index (χ1) is 15.9. The van der Waals surface area contributed by atoms with E-state index in [9.17, 15) is 19.7 Å². The van der Waals surface area contributed by atoms with Crippen molar-refractivity contribution >= 4 is 40.6 Å². The molecule has 1 aliphatic heterocycles. The number of nitro groups is 1. The van der Waals surface area contributed by atoms with Gasteiger partial charge in [0, 0.05) is 28.4 Å². The van der Waals surface area contributed by atoms with Crippen molar-refractivity contribution in [2.45, 2.75) is 12.3 Å². The van der Waals surface area contributed by atoms with Crippen molar-refractivity contribution in [2.24, 2.45) is 0 Å². The molecule has 33 heavy (non-hydrogen) atoms. The Kier molecular flexibility index (Phi) is 6.32. The Hall–Kier alpha value is -3.85. The van der Waals surface area contributed by atoms with Crippen LogP contribution in [0.25, 0.3) is 0 Å². The number of rotatable bonds is 6. The largest absolute Gasteiger partial charge is 0.495 e. The number of nitro benzene ring substituents is 1. The highest BCUT2D eigenvalue weighted by atomic mass is 32.2. The lowest BCUT2D eigenvalue weighted by molar-refractivity contribution is -0.385. The van der Waals surface area contributed by atoms with Crippen LogP contribution in [-0.4, -0.2) is 29.6 Å². The summed E-state index contributed by atoms with van der Waals surface area (Å²) in [5.74, 6) is 0.329. The van der Waals surface area contributed by atoms with Gasteiger partial charge < -0.3 is 10.1 Å². The van der Waals surface area contributed by atoms with Crippen LogP contribution in [0.4, 0.5) is 17.1 Å². The topological polar surface area (TPSA) is 102 Å². The molecule has 1 unspecified atom stereocenters. The predicted octanol–water partition coefficient (Wildman–Crippen LogP) is 4.94. The molecule has 8 nitrogen and oxygen atoms in total. The Morgan fingerprint density at radius 3 is 2.64 bits per heavy atom. The van der Waals surface area contributed by atoms with Crippen molar-refractivity contribution < 1.29 is 19.2 Å². The Labute approximate surface area is 194 Å². The van der Waals surface area contributed by atoms with Crippen molar-refractivity contribution in [3.8, 4) is 5.75 Å². The number of amides is 2. The summed E-state index contributed by atoms with van der Waals surface area (Å²) in [6, 6.07) is 18.9. The molecule has 3 aromatic carbocycles. The Bertz CT molecular complexity index is 1250. The van der Waals surface area contributed by atoms with E-state index in [1.165, 1.54) is 17.8 Å². The fourth-order valence-electron chi connectivity index (χ4n) is 3.71. The number of para-hydroxylation sites is 3. The molecule has 168 valence electrons. The van der Waals surface area contributed by atoms with Crippen LogP contribution in [0.1, 0.15) is 26.9 Å². The van der Waals surface area contributed by atoms with Crippen molar-refractivity contribution in [3.05, 3.63) is 93.5 Å². The minimum Gasteiger partial charge on any atom is -0.495 e. The molecule has 0 spiro atoms. The van der Waals surface area contributed by atoms with E-state index in [1.807, 2.05) is 30.3 Å². The van der Waals surface area contributed by atoms with Gasteiger partial charge in [-0.1, -0.05) is 36.4 Å². The molecule has 1 atom stereocenters. The minimum atomic E-state index is -0.508. The van der Waals surface area contributed by atoms with Crippen molar-refractivity contribution in [1.29, 1.82) is 0 Å². The summed E-state index contributed by atoms with van der Waals surface area (Å²) in [5, 5.41) is 13.7. The van der Waals surface area contributed by atoms with Crippen LogP contribution >= 0.6 is 11.8 Å².